The number of carbonyl (C=O) groups is 1. The zero-order valence-electron chi connectivity index (χ0n) is 11.4. The van der Waals surface area contributed by atoms with Crippen molar-refractivity contribution in [1.29, 1.82) is 0 Å². The summed E-state index contributed by atoms with van der Waals surface area (Å²) in [5, 5.41) is 3.41. The van der Waals surface area contributed by atoms with E-state index in [-0.39, 0.29) is 11.8 Å². The SMILES string of the molecule is CC1CCCC(Nc2cccc(Br)c2)(C(N)=O)C1C. The van der Waals surface area contributed by atoms with Crippen molar-refractivity contribution in [1.82, 2.24) is 0 Å². The second-order valence-corrected chi connectivity index (χ2v) is 6.54. The molecule has 1 amide bonds. The first kappa shape index (κ1) is 14.4. The molecular formula is C15H21BrN2O. The Morgan fingerprint density at radius 2 is 2.21 bits per heavy atom. The fourth-order valence-electron chi connectivity index (χ4n) is 3.08. The van der Waals surface area contributed by atoms with Crippen molar-refractivity contribution in [3.05, 3.63) is 28.7 Å². The largest absolute Gasteiger partial charge is 0.371 e. The maximum atomic E-state index is 12.1. The molecule has 1 aromatic carbocycles. The topological polar surface area (TPSA) is 55.1 Å². The maximum Gasteiger partial charge on any atom is 0.243 e. The molecule has 2 rings (SSSR count). The second-order valence-electron chi connectivity index (χ2n) is 5.63. The summed E-state index contributed by atoms with van der Waals surface area (Å²) < 4.78 is 0.994. The molecule has 0 radical (unpaired) electrons. The van der Waals surface area contributed by atoms with Gasteiger partial charge in [0.1, 0.15) is 5.54 Å². The number of anilines is 1. The van der Waals surface area contributed by atoms with Gasteiger partial charge in [0, 0.05) is 10.2 Å². The molecule has 3 unspecified atom stereocenters. The second kappa shape index (κ2) is 5.53. The highest BCUT2D eigenvalue weighted by molar-refractivity contribution is 9.10. The van der Waals surface area contributed by atoms with Crippen LogP contribution in [0.2, 0.25) is 0 Å². The number of benzene rings is 1. The van der Waals surface area contributed by atoms with Crippen LogP contribution in [-0.4, -0.2) is 11.4 Å². The Bertz CT molecular complexity index is 477. The lowest BCUT2D eigenvalue weighted by molar-refractivity contribution is -0.125. The average Bonchev–Trinajstić information content (AvgIpc) is 2.35. The highest BCUT2D eigenvalue weighted by atomic mass is 79.9. The summed E-state index contributed by atoms with van der Waals surface area (Å²) in [4.78, 5) is 12.1. The molecule has 1 aromatic rings. The Hall–Kier alpha value is -1.03. The van der Waals surface area contributed by atoms with E-state index >= 15 is 0 Å². The van der Waals surface area contributed by atoms with Crippen LogP contribution in [0.15, 0.2) is 28.7 Å². The highest BCUT2D eigenvalue weighted by Gasteiger charge is 2.46. The van der Waals surface area contributed by atoms with E-state index in [0.717, 1.165) is 29.4 Å². The molecule has 0 aliphatic heterocycles. The lowest BCUT2D eigenvalue weighted by atomic mass is 9.67. The molecular weight excluding hydrogens is 304 g/mol. The standard InChI is InChI=1S/C15H21BrN2O/c1-10-5-4-8-15(11(10)2,14(17)19)18-13-7-3-6-12(16)9-13/h3,6-7,9-11,18H,4-5,8H2,1-2H3,(H2,17,19). The number of hydrogen-bond acceptors (Lipinski definition) is 2. The molecule has 1 aliphatic carbocycles. The number of halogens is 1. The predicted octanol–water partition coefficient (Wildman–Crippen LogP) is 3.54. The fraction of sp³-hybridized carbons (Fsp3) is 0.533. The van der Waals surface area contributed by atoms with E-state index in [1.165, 1.54) is 0 Å². The minimum atomic E-state index is -0.627. The summed E-state index contributed by atoms with van der Waals surface area (Å²) in [5.74, 6) is 0.491. The Balaban J connectivity index is 2.32. The van der Waals surface area contributed by atoms with E-state index in [1.54, 1.807) is 0 Å². The van der Waals surface area contributed by atoms with Crippen molar-refractivity contribution in [2.24, 2.45) is 17.6 Å². The van der Waals surface area contributed by atoms with Gasteiger partial charge in [0.2, 0.25) is 5.91 Å². The van der Waals surface area contributed by atoms with Gasteiger partial charge in [0.25, 0.3) is 0 Å². The molecule has 0 spiro atoms. The van der Waals surface area contributed by atoms with Gasteiger partial charge in [-0.1, -0.05) is 48.7 Å². The molecule has 1 saturated carbocycles. The van der Waals surface area contributed by atoms with Crippen LogP contribution >= 0.6 is 15.9 Å². The third-order valence-electron chi connectivity index (χ3n) is 4.49. The molecule has 0 aromatic heterocycles. The number of primary amides is 1. The van der Waals surface area contributed by atoms with E-state index < -0.39 is 5.54 Å². The quantitative estimate of drug-likeness (QED) is 0.893. The van der Waals surface area contributed by atoms with Gasteiger partial charge < -0.3 is 11.1 Å². The number of carbonyl (C=O) groups excluding carboxylic acids is 1. The van der Waals surface area contributed by atoms with E-state index in [0.29, 0.717) is 5.92 Å². The molecule has 0 bridgehead atoms. The molecule has 3 N–H and O–H groups in total. The average molecular weight is 325 g/mol. The van der Waals surface area contributed by atoms with Crippen LogP contribution in [0.5, 0.6) is 0 Å². The van der Waals surface area contributed by atoms with Crippen molar-refractivity contribution >= 4 is 27.5 Å². The predicted molar refractivity (Wildman–Crippen MR) is 81.9 cm³/mol. The van der Waals surface area contributed by atoms with Gasteiger partial charge in [0.05, 0.1) is 0 Å². The van der Waals surface area contributed by atoms with Crippen molar-refractivity contribution < 1.29 is 4.79 Å². The van der Waals surface area contributed by atoms with Gasteiger partial charge >= 0.3 is 0 Å². The van der Waals surface area contributed by atoms with Crippen molar-refractivity contribution in [3.8, 4) is 0 Å². The van der Waals surface area contributed by atoms with Gasteiger partial charge in [0.15, 0.2) is 0 Å². The van der Waals surface area contributed by atoms with E-state index in [9.17, 15) is 4.79 Å². The first-order valence-electron chi connectivity index (χ1n) is 6.79. The van der Waals surface area contributed by atoms with Crippen LogP contribution in [0.1, 0.15) is 33.1 Å². The van der Waals surface area contributed by atoms with Crippen LogP contribution in [0.4, 0.5) is 5.69 Å². The lowest BCUT2D eigenvalue weighted by Gasteiger charge is -2.44. The summed E-state index contributed by atoms with van der Waals surface area (Å²) >= 11 is 3.45. The lowest BCUT2D eigenvalue weighted by Crippen LogP contribution is -2.58. The zero-order valence-corrected chi connectivity index (χ0v) is 13.0. The van der Waals surface area contributed by atoms with Gasteiger partial charge in [-0.25, -0.2) is 0 Å². The smallest absolute Gasteiger partial charge is 0.243 e. The van der Waals surface area contributed by atoms with Crippen molar-refractivity contribution in [2.75, 3.05) is 5.32 Å². The van der Waals surface area contributed by atoms with Crippen molar-refractivity contribution in [2.45, 2.75) is 38.6 Å². The number of nitrogens with two attached hydrogens (primary N) is 1. The van der Waals surface area contributed by atoms with Gasteiger partial charge in [-0.2, -0.15) is 0 Å². The Morgan fingerprint density at radius 3 is 2.84 bits per heavy atom. The molecule has 3 nitrogen and oxygen atoms in total. The summed E-state index contributed by atoms with van der Waals surface area (Å²) in [6.45, 7) is 4.32. The Labute approximate surface area is 123 Å². The highest BCUT2D eigenvalue weighted by Crippen LogP contribution is 2.40. The summed E-state index contributed by atoms with van der Waals surface area (Å²) in [7, 11) is 0. The van der Waals surface area contributed by atoms with Gasteiger partial charge in [-0.05, 0) is 36.5 Å². The number of amides is 1. The first-order valence-corrected chi connectivity index (χ1v) is 7.58. The van der Waals surface area contributed by atoms with Crippen LogP contribution in [0, 0.1) is 11.8 Å². The van der Waals surface area contributed by atoms with Crippen molar-refractivity contribution in [3.63, 3.8) is 0 Å². The Kier molecular flexibility index (Phi) is 4.19. The molecule has 0 saturated heterocycles. The number of rotatable bonds is 3. The third kappa shape index (κ3) is 2.78. The monoisotopic (exact) mass is 324 g/mol. The zero-order chi connectivity index (χ0) is 14.0. The van der Waals surface area contributed by atoms with Crippen LogP contribution < -0.4 is 11.1 Å². The molecule has 1 aliphatic rings. The summed E-state index contributed by atoms with van der Waals surface area (Å²) in [6.07, 6.45) is 3.01. The summed E-state index contributed by atoms with van der Waals surface area (Å²) in [6, 6.07) is 7.88. The fourth-order valence-corrected chi connectivity index (χ4v) is 3.47. The molecule has 0 heterocycles. The maximum absolute atomic E-state index is 12.1. The minimum absolute atomic E-state index is 0.234. The molecule has 19 heavy (non-hydrogen) atoms. The van der Waals surface area contributed by atoms with Crippen LogP contribution in [0.3, 0.4) is 0 Å². The van der Waals surface area contributed by atoms with Gasteiger partial charge in [-0.3, -0.25) is 4.79 Å². The van der Waals surface area contributed by atoms with E-state index in [1.807, 2.05) is 24.3 Å². The van der Waals surface area contributed by atoms with Crippen LogP contribution in [-0.2, 0) is 4.79 Å². The first-order chi connectivity index (χ1) is 8.95. The Morgan fingerprint density at radius 1 is 1.47 bits per heavy atom. The normalized spacial score (nSPS) is 30.9. The third-order valence-corrected chi connectivity index (χ3v) is 4.99. The van der Waals surface area contributed by atoms with E-state index in [4.69, 9.17) is 5.73 Å². The minimum Gasteiger partial charge on any atom is -0.371 e. The molecule has 1 fully saturated rings. The van der Waals surface area contributed by atoms with Gasteiger partial charge in [-0.15, -0.1) is 0 Å². The molecule has 3 atom stereocenters. The summed E-state index contributed by atoms with van der Waals surface area (Å²) in [5.41, 5.74) is 6.04. The van der Waals surface area contributed by atoms with Crippen LogP contribution in [0.25, 0.3) is 0 Å². The number of nitrogens with one attached hydrogen (secondary N) is 1. The number of hydrogen-bond donors (Lipinski definition) is 2. The molecule has 104 valence electrons. The van der Waals surface area contributed by atoms with E-state index in [2.05, 4.69) is 35.1 Å². The molecule has 4 heteroatoms.